The second-order valence-corrected chi connectivity index (χ2v) is 5.01. The number of hydrogen-bond acceptors (Lipinski definition) is 4. The molecule has 1 aromatic heterocycles. The fourth-order valence-corrected chi connectivity index (χ4v) is 1.59. The van der Waals surface area contributed by atoms with E-state index in [2.05, 4.69) is 15.3 Å². The van der Waals surface area contributed by atoms with E-state index in [1.54, 1.807) is 19.0 Å². The van der Waals surface area contributed by atoms with Gasteiger partial charge in [0.25, 0.3) is 0 Å². The van der Waals surface area contributed by atoms with Crippen LogP contribution in [0.2, 0.25) is 0 Å². The van der Waals surface area contributed by atoms with Crippen LogP contribution in [0.25, 0.3) is 0 Å². The van der Waals surface area contributed by atoms with E-state index in [0.717, 1.165) is 11.5 Å². The molecule has 1 N–H and O–H groups in total. The van der Waals surface area contributed by atoms with Crippen LogP contribution in [0.3, 0.4) is 0 Å². The van der Waals surface area contributed by atoms with Crippen LogP contribution in [0.4, 0.5) is 5.82 Å². The maximum Gasteiger partial charge on any atom is 0.244 e. The number of likely N-dealkylation sites (N-methyl/N-ethyl adjacent to an activating group) is 1. The van der Waals surface area contributed by atoms with E-state index in [0.29, 0.717) is 5.82 Å². The van der Waals surface area contributed by atoms with Crippen LogP contribution in [0.5, 0.6) is 0 Å². The second-order valence-electron chi connectivity index (χ2n) is 5.01. The third-order valence-electron chi connectivity index (χ3n) is 2.56. The Balaban J connectivity index is 2.87. The van der Waals surface area contributed by atoms with Crippen molar-refractivity contribution < 1.29 is 4.79 Å². The Morgan fingerprint density at radius 2 is 1.89 bits per heavy atom. The first kappa shape index (κ1) is 14.4. The summed E-state index contributed by atoms with van der Waals surface area (Å²) >= 11 is 0. The molecular formula is C13H22N4O. The molecule has 0 aliphatic carbocycles. The van der Waals surface area contributed by atoms with Crippen molar-refractivity contribution in [2.45, 2.75) is 39.7 Å². The molecule has 1 amide bonds. The SMILES string of the molecule is Cc1cc(N[C@@H](C)C(=O)N(C)C)nc(C(C)C)n1. The lowest BCUT2D eigenvalue weighted by atomic mass is 10.2. The van der Waals surface area contributed by atoms with Gasteiger partial charge in [0.1, 0.15) is 17.7 Å². The molecule has 100 valence electrons. The lowest BCUT2D eigenvalue weighted by molar-refractivity contribution is -0.129. The molecule has 0 radical (unpaired) electrons. The zero-order chi connectivity index (χ0) is 13.9. The lowest BCUT2D eigenvalue weighted by Crippen LogP contribution is -2.36. The molecule has 1 rings (SSSR count). The molecule has 5 heteroatoms. The number of nitrogens with zero attached hydrogens (tertiary/aromatic N) is 3. The maximum atomic E-state index is 11.8. The minimum atomic E-state index is -0.297. The van der Waals surface area contributed by atoms with Gasteiger partial charge < -0.3 is 10.2 Å². The largest absolute Gasteiger partial charge is 0.359 e. The van der Waals surface area contributed by atoms with E-state index in [1.807, 2.05) is 33.8 Å². The number of carbonyl (C=O) groups excluding carboxylic acids is 1. The van der Waals surface area contributed by atoms with E-state index < -0.39 is 0 Å². The van der Waals surface area contributed by atoms with Gasteiger partial charge in [-0.1, -0.05) is 13.8 Å². The summed E-state index contributed by atoms with van der Waals surface area (Å²) in [6, 6.07) is 1.56. The molecule has 5 nitrogen and oxygen atoms in total. The van der Waals surface area contributed by atoms with Gasteiger partial charge in [0.05, 0.1) is 0 Å². The number of nitrogens with one attached hydrogen (secondary N) is 1. The molecule has 1 atom stereocenters. The molecule has 0 spiro atoms. The molecule has 0 aliphatic rings. The topological polar surface area (TPSA) is 58.1 Å². The molecule has 0 aliphatic heterocycles. The highest BCUT2D eigenvalue weighted by molar-refractivity contribution is 5.83. The second kappa shape index (κ2) is 5.80. The van der Waals surface area contributed by atoms with Gasteiger partial charge in [0.2, 0.25) is 5.91 Å². The Labute approximate surface area is 109 Å². The number of amides is 1. The molecule has 0 fully saturated rings. The Morgan fingerprint density at radius 1 is 1.28 bits per heavy atom. The lowest BCUT2D eigenvalue weighted by Gasteiger charge is -2.19. The van der Waals surface area contributed by atoms with Crippen LogP contribution < -0.4 is 5.32 Å². The van der Waals surface area contributed by atoms with Crippen molar-refractivity contribution >= 4 is 11.7 Å². The van der Waals surface area contributed by atoms with Crippen molar-refractivity contribution in [3.05, 3.63) is 17.6 Å². The number of rotatable bonds is 4. The number of aryl methyl sites for hydroxylation is 1. The number of hydrogen-bond donors (Lipinski definition) is 1. The highest BCUT2D eigenvalue weighted by atomic mass is 16.2. The van der Waals surface area contributed by atoms with Gasteiger partial charge >= 0.3 is 0 Å². The van der Waals surface area contributed by atoms with Crippen LogP contribution >= 0.6 is 0 Å². The predicted molar refractivity (Wildman–Crippen MR) is 72.6 cm³/mol. The Morgan fingerprint density at radius 3 is 2.39 bits per heavy atom. The van der Waals surface area contributed by atoms with Gasteiger partial charge in [-0.2, -0.15) is 0 Å². The summed E-state index contributed by atoms with van der Waals surface area (Å²) in [6.45, 7) is 7.85. The van der Waals surface area contributed by atoms with Crippen LogP contribution in [0.15, 0.2) is 6.07 Å². The van der Waals surface area contributed by atoms with Crippen molar-refractivity contribution in [2.24, 2.45) is 0 Å². The number of anilines is 1. The standard InChI is InChI=1S/C13H22N4O/c1-8(2)12-14-9(3)7-11(16-12)15-10(4)13(18)17(5)6/h7-8,10H,1-6H3,(H,14,15,16)/t10-/m0/s1. The number of carbonyl (C=O) groups is 1. The first-order valence-corrected chi connectivity index (χ1v) is 6.14. The van der Waals surface area contributed by atoms with Crippen LogP contribution in [-0.4, -0.2) is 40.9 Å². The zero-order valence-electron chi connectivity index (χ0n) is 12.0. The fourth-order valence-electron chi connectivity index (χ4n) is 1.59. The minimum Gasteiger partial charge on any atom is -0.359 e. The summed E-state index contributed by atoms with van der Waals surface area (Å²) < 4.78 is 0. The van der Waals surface area contributed by atoms with Crippen LogP contribution in [0.1, 0.15) is 38.2 Å². The van der Waals surface area contributed by atoms with E-state index in [9.17, 15) is 4.79 Å². The fraction of sp³-hybridized carbons (Fsp3) is 0.615. The monoisotopic (exact) mass is 250 g/mol. The average molecular weight is 250 g/mol. The van der Waals surface area contributed by atoms with Crippen LogP contribution in [0, 0.1) is 6.92 Å². The Kier molecular flexibility index (Phi) is 4.64. The molecule has 1 aromatic rings. The van der Waals surface area contributed by atoms with Gasteiger partial charge in [-0.25, -0.2) is 9.97 Å². The van der Waals surface area contributed by atoms with E-state index in [1.165, 1.54) is 0 Å². The van der Waals surface area contributed by atoms with E-state index in [4.69, 9.17) is 0 Å². The first-order valence-electron chi connectivity index (χ1n) is 6.14. The van der Waals surface area contributed by atoms with Gasteiger partial charge in [0, 0.05) is 31.8 Å². The van der Waals surface area contributed by atoms with Crippen molar-refractivity contribution in [2.75, 3.05) is 19.4 Å². The minimum absolute atomic E-state index is 0.0253. The Bertz CT molecular complexity index is 429. The maximum absolute atomic E-state index is 11.8. The van der Waals surface area contributed by atoms with Gasteiger partial charge in [-0.3, -0.25) is 4.79 Å². The van der Waals surface area contributed by atoms with Crippen molar-refractivity contribution in [3.63, 3.8) is 0 Å². The third-order valence-corrected chi connectivity index (χ3v) is 2.56. The molecular weight excluding hydrogens is 228 g/mol. The normalized spacial score (nSPS) is 12.4. The van der Waals surface area contributed by atoms with E-state index in [-0.39, 0.29) is 17.9 Å². The van der Waals surface area contributed by atoms with Crippen LogP contribution in [-0.2, 0) is 4.79 Å². The third kappa shape index (κ3) is 3.68. The molecule has 1 heterocycles. The molecule has 18 heavy (non-hydrogen) atoms. The van der Waals surface area contributed by atoms with Gasteiger partial charge in [-0.05, 0) is 13.8 Å². The molecule has 0 saturated heterocycles. The highest BCUT2D eigenvalue weighted by Crippen LogP contribution is 2.14. The average Bonchev–Trinajstić information content (AvgIpc) is 2.26. The summed E-state index contributed by atoms with van der Waals surface area (Å²) in [6.07, 6.45) is 0. The van der Waals surface area contributed by atoms with E-state index >= 15 is 0 Å². The smallest absolute Gasteiger partial charge is 0.244 e. The quantitative estimate of drug-likeness (QED) is 0.885. The predicted octanol–water partition coefficient (Wildman–Crippen LogP) is 1.80. The molecule has 0 aromatic carbocycles. The first-order chi connectivity index (χ1) is 8.31. The van der Waals surface area contributed by atoms with Gasteiger partial charge in [-0.15, -0.1) is 0 Å². The summed E-state index contributed by atoms with van der Waals surface area (Å²) in [4.78, 5) is 22.1. The summed E-state index contributed by atoms with van der Waals surface area (Å²) in [5.41, 5.74) is 0.903. The molecule has 0 saturated carbocycles. The molecule has 0 bridgehead atoms. The number of aromatic nitrogens is 2. The van der Waals surface area contributed by atoms with Gasteiger partial charge in [0.15, 0.2) is 0 Å². The Hall–Kier alpha value is -1.65. The zero-order valence-corrected chi connectivity index (χ0v) is 12.0. The summed E-state index contributed by atoms with van der Waals surface area (Å²) in [5.74, 6) is 1.79. The summed E-state index contributed by atoms with van der Waals surface area (Å²) in [5, 5.41) is 3.12. The molecule has 0 unspecified atom stereocenters. The van der Waals surface area contributed by atoms with Crippen molar-refractivity contribution in [1.29, 1.82) is 0 Å². The summed E-state index contributed by atoms with van der Waals surface area (Å²) in [7, 11) is 3.48. The highest BCUT2D eigenvalue weighted by Gasteiger charge is 2.15. The van der Waals surface area contributed by atoms with Crippen molar-refractivity contribution in [1.82, 2.24) is 14.9 Å². The van der Waals surface area contributed by atoms with Crippen molar-refractivity contribution in [3.8, 4) is 0 Å².